The maximum Gasteiger partial charge on any atom is 0.237 e. The highest BCUT2D eigenvalue weighted by Gasteiger charge is 2.54. The van der Waals surface area contributed by atoms with Gasteiger partial charge in [-0.1, -0.05) is 49.7 Å². The summed E-state index contributed by atoms with van der Waals surface area (Å²) in [6, 6.07) is 7.55. The van der Waals surface area contributed by atoms with E-state index in [0.717, 1.165) is 18.4 Å². The Morgan fingerprint density at radius 1 is 1.07 bits per heavy atom. The number of sulfonamides is 1. The summed E-state index contributed by atoms with van der Waals surface area (Å²) in [5, 5.41) is 5.86. The number of benzene rings is 1. The molecule has 2 N–H and O–H groups in total. The van der Waals surface area contributed by atoms with Crippen LogP contribution >= 0.6 is 11.6 Å². The predicted molar refractivity (Wildman–Crippen MR) is 113 cm³/mol. The molecule has 154 valence electrons. The molecule has 28 heavy (non-hydrogen) atoms. The molecule has 1 aromatic carbocycles. The highest BCUT2D eigenvalue weighted by Crippen LogP contribution is 2.57. The molecule has 3 atom stereocenters. The van der Waals surface area contributed by atoms with Gasteiger partial charge < -0.3 is 0 Å². The molecule has 2 aliphatic carbocycles. The van der Waals surface area contributed by atoms with Gasteiger partial charge in [-0.15, -0.1) is 0 Å². The van der Waals surface area contributed by atoms with Gasteiger partial charge in [0.15, 0.2) is 9.84 Å². The normalized spacial score (nSPS) is 30.2. The van der Waals surface area contributed by atoms with Crippen molar-refractivity contribution in [3.05, 3.63) is 58.0 Å². The second kappa shape index (κ2) is 6.97. The van der Waals surface area contributed by atoms with Crippen LogP contribution in [0.15, 0.2) is 47.4 Å². The topological polar surface area (TPSA) is 94.3 Å². The number of allylic oxidation sites excluding steroid dienone is 2. The van der Waals surface area contributed by atoms with E-state index in [1.54, 1.807) is 6.08 Å². The number of rotatable bonds is 4. The lowest BCUT2D eigenvalue weighted by molar-refractivity contribution is 0.331. The van der Waals surface area contributed by atoms with Crippen LogP contribution in [-0.2, 0) is 19.9 Å². The van der Waals surface area contributed by atoms with Crippen LogP contribution in [0.3, 0.4) is 0 Å². The molecule has 0 spiro atoms. The van der Waals surface area contributed by atoms with Gasteiger partial charge in [0, 0.05) is 11.3 Å². The zero-order chi connectivity index (χ0) is 21.0. The summed E-state index contributed by atoms with van der Waals surface area (Å²) >= 11 is 6.03. The van der Waals surface area contributed by atoms with Crippen molar-refractivity contribution in [1.29, 1.82) is 0 Å². The fourth-order valence-corrected chi connectivity index (χ4v) is 6.99. The zero-order valence-electron chi connectivity index (χ0n) is 16.2. The van der Waals surface area contributed by atoms with E-state index in [4.69, 9.17) is 16.7 Å². The summed E-state index contributed by atoms with van der Waals surface area (Å²) in [6.45, 7) is 4.29. The third-order valence-electron chi connectivity index (χ3n) is 6.13. The van der Waals surface area contributed by atoms with Gasteiger partial charge in [-0.25, -0.2) is 22.0 Å². The van der Waals surface area contributed by atoms with Crippen molar-refractivity contribution in [3.8, 4) is 0 Å². The van der Waals surface area contributed by atoms with Crippen molar-refractivity contribution in [2.24, 2.45) is 16.5 Å². The van der Waals surface area contributed by atoms with E-state index in [9.17, 15) is 16.8 Å². The van der Waals surface area contributed by atoms with Gasteiger partial charge in [0.25, 0.3) is 0 Å². The van der Waals surface area contributed by atoms with Gasteiger partial charge >= 0.3 is 0 Å². The number of halogens is 1. The van der Waals surface area contributed by atoms with Crippen LogP contribution in [0, 0.1) is 11.3 Å². The third kappa shape index (κ3) is 3.95. The van der Waals surface area contributed by atoms with Crippen molar-refractivity contribution in [2.45, 2.75) is 43.8 Å². The Kier molecular flexibility index (Phi) is 5.37. The summed E-state index contributed by atoms with van der Waals surface area (Å²) in [6.07, 6.45) is 7.24. The van der Waals surface area contributed by atoms with Gasteiger partial charge in [0.05, 0.1) is 9.65 Å². The van der Waals surface area contributed by atoms with Gasteiger partial charge in [0.2, 0.25) is 10.0 Å². The first-order valence-corrected chi connectivity index (χ1v) is 12.9. The van der Waals surface area contributed by atoms with Crippen LogP contribution < -0.4 is 5.14 Å². The molecule has 3 rings (SSSR count). The molecule has 3 unspecified atom stereocenters. The van der Waals surface area contributed by atoms with Crippen molar-refractivity contribution in [1.82, 2.24) is 0 Å². The molecule has 8 heteroatoms. The number of hydrogen-bond acceptors (Lipinski definition) is 4. The van der Waals surface area contributed by atoms with Gasteiger partial charge in [-0.05, 0) is 60.3 Å². The lowest BCUT2D eigenvalue weighted by Gasteiger charge is -2.39. The second-order valence-corrected chi connectivity index (χ2v) is 13.1. The highest BCUT2D eigenvalue weighted by atomic mass is 35.5. The minimum Gasteiger partial charge on any atom is -0.228 e. The number of sulfone groups is 1. The maximum absolute atomic E-state index is 13.0. The van der Waals surface area contributed by atoms with Crippen LogP contribution in [0.4, 0.5) is 0 Å². The monoisotopic (exact) mass is 443 g/mol. The SMILES string of the molecule is CC1(C)CC(c2ccc(Cl)cc2)C(C2(S(C)(=O)=O)C=CC(S(N)(=O)=O)=CC2)C1. The van der Waals surface area contributed by atoms with Crippen LogP contribution in [-0.4, -0.2) is 27.8 Å². The third-order valence-corrected chi connectivity index (χ3v) is 9.33. The highest BCUT2D eigenvalue weighted by molar-refractivity contribution is 7.93. The Morgan fingerprint density at radius 3 is 2.14 bits per heavy atom. The molecule has 0 bridgehead atoms. The minimum absolute atomic E-state index is 0.0241. The molecule has 1 aromatic rings. The molecule has 1 fully saturated rings. The summed E-state index contributed by atoms with van der Waals surface area (Å²) in [4.78, 5) is -0.0351. The lowest BCUT2D eigenvalue weighted by atomic mass is 9.76. The lowest BCUT2D eigenvalue weighted by Crippen LogP contribution is -2.45. The van der Waals surface area contributed by atoms with Gasteiger partial charge in [-0.3, -0.25) is 0 Å². The van der Waals surface area contributed by atoms with E-state index in [-0.39, 0.29) is 28.6 Å². The largest absolute Gasteiger partial charge is 0.237 e. The molecule has 0 aliphatic heterocycles. The summed E-state index contributed by atoms with van der Waals surface area (Å²) in [5.74, 6) is -0.163. The molecule has 0 aromatic heterocycles. The van der Waals surface area contributed by atoms with Crippen molar-refractivity contribution >= 4 is 31.5 Å². The molecule has 0 radical (unpaired) electrons. The molecule has 5 nitrogen and oxygen atoms in total. The Bertz CT molecular complexity index is 1040. The number of hydrogen-bond donors (Lipinski definition) is 1. The van der Waals surface area contributed by atoms with Crippen LogP contribution in [0.2, 0.25) is 5.02 Å². The van der Waals surface area contributed by atoms with E-state index in [1.807, 2.05) is 24.3 Å². The van der Waals surface area contributed by atoms with Crippen LogP contribution in [0.25, 0.3) is 0 Å². The summed E-state index contributed by atoms with van der Waals surface area (Å²) in [7, 11) is -7.41. The summed E-state index contributed by atoms with van der Waals surface area (Å²) < 4.78 is 48.2. The average Bonchev–Trinajstić information content (AvgIpc) is 2.90. The molecule has 2 aliphatic rings. The first-order valence-electron chi connectivity index (χ1n) is 9.12. The molecular formula is C20H26ClNO4S2. The maximum atomic E-state index is 13.0. The van der Waals surface area contributed by atoms with Crippen molar-refractivity contribution in [3.63, 3.8) is 0 Å². The van der Waals surface area contributed by atoms with Crippen LogP contribution in [0.5, 0.6) is 0 Å². The van der Waals surface area contributed by atoms with E-state index in [0.29, 0.717) is 5.02 Å². The van der Waals surface area contributed by atoms with E-state index >= 15 is 0 Å². The fourth-order valence-electron chi connectivity index (χ4n) is 4.79. The molecule has 1 saturated carbocycles. The summed E-state index contributed by atoms with van der Waals surface area (Å²) in [5.41, 5.74) is 1.02. The Hall–Kier alpha value is -1.15. The first kappa shape index (κ1) is 21.6. The van der Waals surface area contributed by atoms with E-state index in [1.165, 1.54) is 18.4 Å². The average molecular weight is 444 g/mol. The smallest absolute Gasteiger partial charge is 0.228 e. The second-order valence-electron chi connectivity index (χ2n) is 8.75. The Balaban J connectivity index is 2.11. The molecule has 0 amide bonds. The van der Waals surface area contributed by atoms with Gasteiger partial charge in [0.1, 0.15) is 0 Å². The molecule has 0 saturated heterocycles. The predicted octanol–water partition coefficient (Wildman–Crippen LogP) is 3.78. The zero-order valence-corrected chi connectivity index (χ0v) is 18.6. The number of primary sulfonamides is 1. The minimum atomic E-state index is -3.87. The fraction of sp³-hybridized carbons (Fsp3) is 0.500. The standard InChI is InChI=1S/C20H26ClNO4S2/c1-19(2)12-17(14-4-6-15(21)7-5-14)18(13-19)20(27(3,23)24)10-8-16(9-11-20)28(22,25)26/h4-10,17-18H,11-13H2,1-3H3,(H2,22,25,26). The van der Waals surface area contributed by atoms with Crippen molar-refractivity contribution < 1.29 is 16.8 Å². The molecule has 0 heterocycles. The van der Waals surface area contributed by atoms with E-state index < -0.39 is 24.6 Å². The Morgan fingerprint density at radius 2 is 1.68 bits per heavy atom. The van der Waals surface area contributed by atoms with Crippen molar-refractivity contribution in [2.75, 3.05) is 6.26 Å². The Labute approximate surface area is 172 Å². The van der Waals surface area contributed by atoms with Crippen LogP contribution in [0.1, 0.15) is 44.6 Å². The first-order chi connectivity index (χ1) is 12.8. The van der Waals surface area contributed by atoms with Gasteiger partial charge in [-0.2, -0.15) is 0 Å². The molecular weight excluding hydrogens is 418 g/mol. The number of nitrogens with two attached hydrogens (primary N) is 1. The quantitative estimate of drug-likeness (QED) is 0.766. The van der Waals surface area contributed by atoms with E-state index in [2.05, 4.69) is 13.8 Å².